The quantitative estimate of drug-likeness (QED) is 0.718. The predicted molar refractivity (Wildman–Crippen MR) is 74.6 cm³/mol. The van der Waals surface area contributed by atoms with Crippen LogP contribution in [0.3, 0.4) is 0 Å². The van der Waals surface area contributed by atoms with Crippen LogP contribution in [0.5, 0.6) is 0 Å². The van der Waals surface area contributed by atoms with E-state index in [2.05, 4.69) is 56.6 Å². The summed E-state index contributed by atoms with van der Waals surface area (Å²) in [6.07, 6.45) is 10.8. The lowest BCUT2D eigenvalue weighted by molar-refractivity contribution is 0.618. The van der Waals surface area contributed by atoms with E-state index in [0.717, 1.165) is 18.4 Å². The Morgan fingerprint density at radius 3 is 2.65 bits per heavy atom. The zero-order valence-electron chi connectivity index (χ0n) is 10.8. The molecule has 1 N–H and O–H groups in total. The molecular weight excluding hydrogens is 206 g/mol. The van der Waals surface area contributed by atoms with Gasteiger partial charge in [-0.3, -0.25) is 0 Å². The minimum absolute atomic E-state index is 0.409. The van der Waals surface area contributed by atoms with Gasteiger partial charge in [0.15, 0.2) is 0 Å². The van der Waals surface area contributed by atoms with Crippen molar-refractivity contribution in [2.24, 2.45) is 5.92 Å². The number of allylic oxidation sites excluding steroid dienone is 4. The number of hydrogen-bond acceptors (Lipinski definition) is 1. The van der Waals surface area contributed by atoms with Crippen molar-refractivity contribution in [1.82, 2.24) is 5.32 Å². The second-order valence-electron chi connectivity index (χ2n) is 4.93. The van der Waals surface area contributed by atoms with E-state index in [4.69, 9.17) is 0 Å². The normalized spacial score (nSPS) is 25.8. The van der Waals surface area contributed by atoms with Gasteiger partial charge < -0.3 is 5.32 Å². The molecule has 2 atom stereocenters. The molecule has 0 aromatic rings. The van der Waals surface area contributed by atoms with Gasteiger partial charge in [0.25, 0.3) is 0 Å². The molecule has 1 aliphatic heterocycles. The molecule has 1 heterocycles. The summed E-state index contributed by atoms with van der Waals surface area (Å²) in [7, 11) is 0. The molecule has 1 aliphatic carbocycles. The van der Waals surface area contributed by atoms with Gasteiger partial charge in [0.05, 0.1) is 6.04 Å². The average molecular weight is 227 g/mol. The van der Waals surface area contributed by atoms with E-state index in [0.29, 0.717) is 12.0 Å². The first-order valence-electron chi connectivity index (χ1n) is 6.30. The molecule has 0 aromatic carbocycles. The lowest BCUT2D eigenvalue weighted by Gasteiger charge is -2.19. The van der Waals surface area contributed by atoms with Crippen molar-refractivity contribution in [3.8, 4) is 0 Å². The van der Waals surface area contributed by atoms with Gasteiger partial charge in [0, 0.05) is 11.6 Å². The molecule has 2 rings (SSSR count). The van der Waals surface area contributed by atoms with Crippen LogP contribution < -0.4 is 5.32 Å². The van der Waals surface area contributed by atoms with Gasteiger partial charge in [-0.1, -0.05) is 50.0 Å². The number of rotatable bonds is 4. The Morgan fingerprint density at radius 2 is 2.00 bits per heavy atom. The third-order valence-corrected chi connectivity index (χ3v) is 3.54. The van der Waals surface area contributed by atoms with Gasteiger partial charge in [-0.2, -0.15) is 0 Å². The zero-order valence-corrected chi connectivity index (χ0v) is 10.8. The second kappa shape index (κ2) is 4.79. The van der Waals surface area contributed by atoms with Crippen LogP contribution >= 0.6 is 0 Å². The molecule has 0 fully saturated rings. The summed E-state index contributed by atoms with van der Waals surface area (Å²) >= 11 is 0. The first-order valence-corrected chi connectivity index (χ1v) is 6.30. The number of hydrogen-bond donors (Lipinski definition) is 1. The fourth-order valence-corrected chi connectivity index (χ4v) is 2.50. The molecule has 17 heavy (non-hydrogen) atoms. The summed E-state index contributed by atoms with van der Waals surface area (Å²) in [5.41, 5.74) is 5.12. The van der Waals surface area contributed by atoms with Crippen molar-refractivity contribution in [2.75, 3.05) is 0 Å². The molecule has 0 saturated carbocycles. The van der Waals surface area contributed by atoms with Gasteiger partial charge in [-0.15, -0.1) is 0 Å². The molecule has 2 aliphatic rings. The first kappa shape index (κ1) is 12.0. The van der Waals surface area contributed by atoms with Crippen molar-refractivity contribution in [2.45, 2.75) is 32.7 Å². The van der Waals surface area contributed by atoms with Gasteiger partial charge in [-0.25, -0.2) is 0 Å². The molecule has 1 nitrogen and oxygen atoms in total. The highest BCUT2D eigenvalue weighted by Crippen LogP contribution is 2.36. The fraction of sp³-hybridized carbons (Fsp3) is 0.375. The summed E-state index contributed by atoms with van der Waals surface area (Å²) < 4.78 is 0. The fourth-order valence-electron chi connectivity index (χ4n) is 2.50. The summed E-state index contributed by atoms with van der Waals surface area (Å²) in [6.45, 7) is 12.5. The number of fused-ring (bicyclic) bond motifs is 1. The standard InChI is InChI=1S/C16H21N/c1-5-12(4)10-14-13-8-6-7-9-15(13)17-16(14)11(2)3/h6-9,13,15,17H,2,4-5,10H2,1,3H3. The van der Waals surface area contributed by atoms with Crippen LogP contribution in [-0.2, 0) is 0 Å². The highest BCUT2D eigenvalue weighted by atomic mass is 15.0. The Morgan fingerprint density at radius 1 is 1.29 bits per heavy atom. The lowest BCUT2D eigenvalue weighted by Crippen LogP contribution is -2.27. The van der Waals surface area contributed by atoms with Crippen LogP contribution in [0, 0.1) is 5.92 Å². The summed E-state index contributed by atoms with van der Waals surface area (Å²) in [6, 6.07) is 0.409. The van der Waals surface area contributed by atoms with Crippen LogP contribution in [-0.4, -0.2) is 6.04 Å². The molecule has 0 aromatic heterocycles. The first-order chi connectivity index (χ1) is 8.13. The Labute approximate surface area is 104 Å². The molecular formula is C16H21N. The highest BCUT2D eigenvalue weighted by molar-refractivity contribution is 5.44. The summed E-state index contributed by atoms with van der Waals surface area (Å²) in [5.74, 6) is 0.481. The van der Waals surface area contributed by atoms with Crippen LogP contribution in [0.2, 0.25) is 0 Å². The van der Waals surface area contributed by atoms with E-state index >= 15 is 0 Å². The molecule has 0 spiro atoms. The third-order valence-electron chi connectivity index (χ3n) is 3.54. The van der Waals surface area contributed by atoms with Crippen molar-refractivity contribution >= 4 is 0 Å². The van der Waals surface area contributed by atoms with Crippen LogP contribution in [0.25, 0.3) is 0 Å². The van der Waals surface area contributed by atoms with Gasteiger partial charge in [-0.05, 0) is 30.9 Å². The van der Waals surface area contributed by atoms with E-state index in [-0.39, 0.29) is 0 Å². The SMILES string of the molecule is C=C(CC)CC1=C(C(=C)C)NC2C=CC=CC12. The van der Waals surface area contributed by atoms with Crippen molar-refractivity contribution in [3.63, 3.8) is 0 Å². The third kappa shape index (κ3) is 2.28. The largest absolute Gasteiger partial charge is 0.378 e. The molecule has 2 unspecified atom stereocenters. The zero-order chi connectivity index (χ0) is 12.4. The predicted octanol–water partition coefficient (Wildman–Crippen LogP) is 3.89. The Kier molecular flexibility index (Phi) is 3.37. The monoisotopic (exact) mass is 227 g/mol. The minimum Gasteiger partial charge on any atom is -0.378 e. The van der Waals surface area contributed by atoms with Crippen molar-refractivity contribution in [1.29, 1.82) is 0 Å². The molecule has 0 bridgehead atoms. The van der Waals surface area contributed by atoms with Crippen molar-refractivity contribution in [3.05, 3.63) is 59.9 Å². The topological polar surface area (TPSA) is 12.0 Å². The average Bonchev–Trinajstić information content (AvgIpc) is 2.68. The van der Waals surface area contributed by atoms with Gasteiger partial charge in [0.1, 0.15) is 0 Å². The molecule has 0 amide bonds. The maximum absolute atomic E-state index is 4.13. The van der Waals surface area contributed by atoms with Crippen LogP contribution in [0.15, 0.2) is 59.9 Å². The smallest absolute Gasteiger partial charge is 0.0548 e. The van der Waals surface area contributed by atoms with Crippen molar-refractivity contribution < 1.29 is 0 Å². The van der Waals surface area contributed by atoms with Gasteiger partial charge >= 0.3 is 0 Å². The molecule has 0 radical (unpaired) electrons. The van der Waals surface area contributed by atoms with E-state index in [1.54, 1.807) is 0 Å². The van der Waals surface area contributed by atoms with Gasteiger partial charge in [0.2, 0.25) is 0 Å². The Balaban J connectivity index is 2.30. The summed E-state index contributed by atoms with van der Waals surface area (Å²) in [4.78, 5) is 0. The maximum atomic E-state index is 4.13. The second-order valence-corrected chi connectivity index (χ2v) is 4.93. The minimum atomic E-state index is 0.409. The highest BCUT2D eigenvalue weighted by Gasteiger charge is 2.31. The van der Waals surface area contributed by atoms with E-state index in [1.165, 1.54) is 16.8 Å². The Bertz CT molecular complexity index is 434. The molecule has 0 saturated heterocycles. The summed E-state index contributed by atoms with van der Waals surface area (Å²) in [5, 5.41) is 3.57. The molecule has 90 valence electrons. The maximum Gasteiger partial charge on any atom is 0.0548 e. The van der Waals surface area contributed by atoms with Crippen LogP contribution in [0.1, 0.15) is 26.7 Å². The van der Waals surface area contributed by atoms with E-state index in [9.17, 15) is 0 Å². The Hall–Kier alpha value is -1.50. The lowest BCUT2D eigenvalue weighted by atomic mass is 9.86. The van der Waals surface area contributed by atoms with Crippen LogP contribution in [0.4, 0.5) is 0 Å². The number of nitrogens with one attached hydrogen (secondary N) is 1. The molecule has 1 heteroatoms. The van der Waals surface area contributed by atoms with E-state index in [1.807, 2.05) is 0 Å². The van der Waals surface area contributed by atoms with E-state index < -0.39 is 0 Å².